The van der Waals surface area contributed by atoms with Crippen LogP contribution in [0.5, 0.6) is 23.1 Å². The molecule has 2 saturated heterocycles. The monoisotopic (exact) mass is 1060 g/mol. The van der Waals surface area contributed by atoms with Crippen LogP contribution in [-0.2, 0) is 36.8 Å². The van der Waals surface area contributed by atoms with Crippen molar-refractivity contribution in [2.24, 2.45) is 0 Å². The quantitative estimate of drug-likeness (QED) is 0.156. The lowest BCUT2D eigenvalue weighted by Crippen LogP contribution is -2.49. The number of anilines is 1. The van der Waals surface area contributed by atoms with Crippen LogP contribution in [0.4, 0.5) is 10.3 Å². The second-order valence-corrected chi connectivity index (χ2v) is 19.7. The fraction of sp³-hybridized carbons (Fsp3) is 0.442. The number of carbonyl (C=O) groups is 1. The van der Waals surface area contributed by atoms with Gasteiger partial charge in [-0.3, -0.25) is 4.90 Å². The summed E-state index contributed by atoms with van der Waals surface area (Å²) in [4.78, 5) is 39.9. The van der Waals surface area contributed by atoms with Crippen LogP contribution in [0.3, 0.4) is 0 Å². The molecule has 0 unspecified atom stereocenters. The van der Waals surface area contributed by atoms with Crippen molar-refractivity contribution in [2.45, 2.75) is 39.1 Å². The van der Waals surface area contributed by atoms with Crippen LogP contribution in [0.1, 0.15) is 22.4 Å². The molecule has 73 heavy (non-hydrogen) atoms. The highest BCUT2D eigenvalue weighted by Crippen LogP contribution is 2.53. The third-order valence-corrected chi connectivity index (χ3v) is 14.9. The summed E-state index contributed by atoms with van der Waals surface area (Å²) < 4.78 is 63.7. The average molecular weight is 1060 g/mol. The third kappa shape index (κ3) is 12.9. The first kappa shape index (κ1) is 52.4. The van der Waals surface area contributed by atoms with Gasteiger partial charge >= 0.3 is 5.97 Å². The van der Waals surface area contributed by atoms with Gasteiger partial charge in [0.15, 0.2) is 5.75 Å². The van der Waals surface area contributed by atoms with Crippen molar-refractivity contribution in [3.8, 4) is 44.7 Å². The largest absolute Gasteiger partial charge is 0.490 e. The predicted molar refractivity (Wildman–Crippen MR) is 276 cm³/mol. The summed E-state index contributed by atoms with van der Waals surface area (Å²) in [5, 5.41) is 12.0. The van der Waals surface area contributed by atoms with Gasteiger partial charge in [0.1, 0.15) is 47.8 Å². The lowest BCUT2D eigenvalue weighted by molar-refractivity contribution is -0.145. The minimum absolute atomic E-state index is 0.0177. The highest BCUT2D eigenvalue weighted by molar-refractivity contribution is 7.22. The molecule has 4 aliphatic rings. The molecule has 4 aliphatic heterocycles. The van der Waals surface area contributed by atoms with Crippen LogP contribution in [0.2, 0.25) is 10.0 Å². The van der Waals surface area contributed by atoms with E-state index in [0.717, 1.165) is 26.2 Å². The van der Waals surface area contributed by atoms with Crippen molar-refractivity contribution in [2.75, 3.05) is 117 Å². The second kappa shape index (κ2) is 24.7. The number of carboxylic acid groups (broad SMARTS) is 1. The Morgan fingerprint density at radius 3 is 2.16 bits per heavy atom. The number of fused-ring (bicyclic) bond motifs is 7. The summed E-state index contributed by atoms with van der Waals surface area (Å²) in [7, 11) is 2.10. The van der Waals surface area contributed by atoms with E-state index in [9.17, 15) is 14.3 Å². The molecule has 21 heteroatoms. The molecule has 0 saturated carbocycles. The molecule has 17 nitrogen and oxygen atoms in total. The topological polar surface area (TPSA) is 172 Å². The fourth-order valence-electron chi connectivity index (χ4n) is 8.91. The first-order valence-electron chi connectivity index (χ1n) is 24.3. The molecule has 7 heterocycles. The minimum Gasteiger partial charge on any atom is -0.490 e. The zero-order chi connectivity index (χ0) is 50.8. The van der Waals surface area contributed by atoms with Crippen molar-refractivity contribution in [3.05, 3.63) is 99.3 Å². The summed E-state index contributed by atoms with van der Waals surface area (Å²) in [5.41, 5.74) is 4.30. The Balaban J connectivity index is 1.08. The molecule has 4 bridgehead atoms. The highest BCUT2D eigenvalue weighted by Gasteiger charge is 2.32. The normalized spacial score (nSPS) is 19.2. The van der Waals surface area contributed by atoms with Crippen LogP contribution in [0, 0.1) is 19.7 Å². The van der Waals surface area contributed by atoms with Gasteiger partial charge in [-0.15, -0.1) is 11.3 Å². The van der Waals surface area contributed by atoms with E-state index in [-0.39, 0.29) is 25.5 Å². The summed E-state index contributed by atoms with van der Waals surface area (Å²) in [6.07, 6.45) is 0.799. The first-order valence-corrected chi connectivity index (χ1v) is 25.8. The van der Waals surface area contributed by atoms with Crippen LogP contribution in [0.15, 0.2) is 61.1 Å². The number of carboxylic acids is 1. The Labute approximate surface area is 437 Å². The smallest absolute Gasteiger partial charge is 0.345 e. The molecule has 2 atom stereocenters. The van der Waals surface area contributed by atoms with Crippen molar-refractivity contribution in [3.63, 3.8) is 0 Å². The molecule has 0 spiro atoms. The van der Waals surface area contributed by atoms with Crippen LogP contribution in [-0.4, -0.2) is 165 Å². The van der Waals surface area contributed by atoms with Crippen LogP contribution in [0.25, 0.3) is 31.8 Å². The van der Waals surface area contributed by atoms with E-state index >= 15 is 0 Å². The first-order chi connectivity index (χ1) is 35.5. The van der Waals surface area contributed by atoms with E-state index in [1.165, 1.54) is 29.8 Å². The Kier molecular flexibility index (Phi) is 17.7. The Bertz CT molecular complexity index is 2810. The fourth-order valence-corrected chi connectivity index (χ4v) is 10.6. The Morgan fingerprint density at radius 1 is 0.822 bits per heavy atom. The minimum atomic E-state index is -1.49. The van der Waals surface area contributed by atoms with Crippen molar-refractivity contribution < 1.29 is 52.2 Å². The highest BCUT2D eigenvalue weighted by atomic mass is 35.5. The number of hydrogen-bond acceptors (Lipinski definition) is 17. The molecule has 2 fully saturated rings. The molecule has 6 aromatic rings. The summed E-state index contributed by atoms with van der Waals surface area (Å²) >= 11 is 16.0. The van der Waals surface area contributed by atoms with E-state index in [0.29, 0.717) is 160 Å². The SMILES string of the molecule is Cc1c(Cl)c2c(Cl)c(C)c1-c1c(-c3ccc(F)cc3)sc3ncnc(c13)O[C@@H](C(=O)O)Cc1cc(ccc1OCc1ccnc(N3CCOCCOCCOCCOCC3)n1)OC[C@@H](CN1CCN(C)CC1)O2. The van der Waals surface area contributed by atoms with E-state index in [1.54, 1.807) is 42.6 Å². The number of hydrogen-bond donors (Lipinski definition) is 1. The van der Waals surface area contributed by atoms with Gasteiger partial charge in [-0.25, -0.2) is 29.1 Å². The third-order valence-electron chi connectivity index (χ3n) is 12.8. The maximum atomic E-state index is 14.4. The lowest BCUT2D eigenvalue weighted by atomic mass is 9.92. The number of rotatable bonds is 8. The standard InChI is InChI=1S/C52H58Cl2FN7O10S/c1-32-42-33(2)46(54)47(45(32)53)71-39(28-61-14-12-60(3)13-15-61)30-69-38-8-9-40(70-29-37-10-11-56-52(59-37)62-16-18-65-20-22-67-24-25-68-23-21-66-19-17-62)35(26-38)27-41(51(63)64)72-49-44-43(42)48(73-50(44)58-31-57-49)34-4-6-36(55)7-5-34/h4-11,26,31,39,41H,12-25,27-30H2,1-3H3,(H,63,64)/t39-,41-/m1/s1. The van der Waals surface area contributed by atoms with Crippen LogP contribution < -0.4 is 23.8 Å². The number of halogens is 3. The number of ether oxygens (including phenoxy) is 8. The second-order valence-electron chi connectivity index (χ2n) is 17.9. The van der Waals surface area contributed by atoms with Gasteiger partial charge < -0.3 is 52.8 Å². The molecule has 0 aliphatic carbocycles. The van der Waals surface area contributed by atoms with Gasteiger partial charge in [-0.1, -0.05) is 35.3 Å². The number of benzene rings is 3. The van der Waals surface area contributed by atoms with Gasteiger partial charge in [0.05, 0.1) is 74.0 Å². The number of nitrogens with zero attached hydrogens (tertiary/aromatic N) is 7. The molecule has 0 radical (unpaired) electrons. The molecule has 3 aromatic heterocycles. The average Bonchev–Trinajstić information content (AvgIpc) is 3.77. The van der Waals surface area contributed by atoms with E-state index < -0.39 is 24.0 Å². The summed E-state index contributed by atoms with van der Waals surface area (Å²) in [5.74, 6) is -0.0207. The predicted octanol–water partition coefficient (Wildman–Crippen LogP) is 7.81. The van der Waals surface area contributed by atoms with Gasteiger partial charge in [0.2, 0.25) is 17.9 Å². The number of thiophene rings is 1. The molecular weight excluding hydrogens is 1000 g/mol. The van der Waals surface area contributed by atoms with Crippen molar-refractivity contribution >= 4 is 56.7 Å². The van der Waals surface area contributed by atoms with Crippen LogP contribution >= 0.6 is 34.5 Å². The molecule has 0 amide bonds. The van der Waals surface area contributed by atoms with E-state index in [1.807, 2.05) is 18.7 Å². The zero-order valence-corrected chi connectivity index (χ0v) is 43.3. The van der Waals surface area contributed by atoms with Gasteiger partial charge in [-0.05, 0) is 79.5 Å². The number of aliphatic carboxylic acids is 1. The number of piperazine rings is 1. The molecular formula is C52H58Cl2FN7O10S. The van der Waals surface area contributed by atoms with Gasteiger partial charge in [-0.2, -0.15) is 0 Å². The Hall–Kier alpha value is -5.48. The maximum absolute atomic E-state index is 14.4. The van der Waals surface area contributed by atoms with Gasteiger partial charge in [0.25, 0.3) is 0 Å². The van der Waals surface area contributed by atoms with Gasteiger partial charge in [0, 0.05) is 74.4 Å². The number of aromatic nitrogens is 4. The molecule has 10 rings (SSSR count). The summed E-state index contributed by atoms with van der Waals surface area (Å²) in [6.45, 7) is 12.5. The molecule has 1 N–H and O–H groups in total. The number of likely N-dealkylation sites (N-methyl/N-ethyl adjacent to an activating group) is 1. The summed E-state index contributed by atoms with van der Waals surface area (Å²) in [6, 6.07) is 13.2. The maximum Gasteiger partial charge on any atom is 0.345 e. The lowest BCUT2D eigenvalue weighted by Gasteiger charge is -2.35. The molecule has 3 aromatic carbocycles. The van der Waals surface area contributed by atoms with E-state index in [2.05, 4.69) is 31.8 Å². The van der Waals surface area contributed by atoms with Crippen molar-refractivity contribution in [1.82, 2.24) is 29.7 Å². The van der Waals surface area contributed by atoms with Crippen molar-refractivity contribution in [1.29, 1.82) is 0 Å². The van der Waals surface area contributed by atoms with E-state index in [4.69, 9.17) is 66.1 Å². The molecule has 388 valence electrons. The zero-order valence-electron chi connectivity index (χ0n) is 41.0. The Morgan fingerprint density at radius 2 is 1.49 bits per heavy atom.